The van der Waals surface area contributed by atoms with Crippen molar-refractivity contribution in [3.8, 4) is 5.75 Å². The van der Waals surface area contributed by atoms with Crippen molar-refractivity contribution in [2.45, 2.75) is 13.0 Å². The van der Waals surface area contributed by atoms with Gasteiger partial charge in [0.15, 0.2) is 0 Å². The van der Waals surface area contributed by atoms with E-state index in [0.29, 0.717) is 5.56 Å². The molecule has 5 nitrogen and oxygen atoms in total. The summed E-state index contributed by atoms with van der Waals surface area (Å²) in [6.07, 6.45) is 0. The Kier molecular flexibility index (Phi) is 3.50. The second kappa shape index (κ2) is 4.65. The Bertz CT molecular complexity index is 399. The molecule has 0 fully saturated rings. The lowest BCUT2D eigenvalue weighted by Gasteiger charge is -2.21. The summed E-state index contributed by atoms with van der Waals surface area (Å²) in [4.78, 5) is 23.6. The molecule has 0 aliphatic rings. The number of aliphatic carboxylic acids is 1. The van der Waals surface area contributed by atoms with Gasteiger partial charge in [-0.2, -0.15) is 0 Å². The molecule has 5 heteroatoms. The molecule has 16 heavy (non-hydrogen) atoms. The second-order valence-electron chi connectivity index (χ2n) is 3.48. The van der Waals surface area contributed by atoms with E-state index in [-0.39, 0.29) is 5.75 Å². The van der Waals surface area contributed by atoms with Crippen LogP contribution in [0.25, 0.3) is 0 Å². The molecule has 1 unspecified atom stereocenters. The molecule has 2 N–H and O–H groups in total. The maximum atomic E-state index is 11.8. The van der Waals surface area contributed by atoms with Crippen molar-refractivity contribution in [1.29, 1.82) is 0 Å². The molecular formula is C11H13NO4. The van der Waals surface area contributed by atoms with Crippen molar-refractivity contribution in [1.82, 2.24) is 4.90 Å². The minimum absolute atomic E-state index is 0.0606. The number of carboxylic acids is 1. The average Bonchev–Trinajstić information content (AvgIpc) is 2.27. The highest BCUT2D eigenvalue weighted by molar-refractivity contribution is 5.96. The van der Waals surface area contributed by atoms with Crippen molar-refractivity contribution < 1.29 is 19.8 Å². The number of hydrogen-bond acceptors (Lipinski definition) is 3. The molecule has 86 valence electrons. The number of benzene rings is 1. The summed E-state index contributed by atoms with van der Waals surface area (Å²) in [5.41, 5.74) is 0.341. The molecule has 0 aliphatic carbocycles. The normalized spacial score (nSPS) is 11.9. The van der Waals surface area contributed by atoms with Crippen LogP contribution in [0.1, 0.15) is 17.3 Å². The smallest absolute Gasteiger partial charge is 0.326 e. The Morgan fingerprint density at radius 3 is 2.19 bits per heavy atom. The van der Waals surface area contributed by atoms with E-state index >= 15 is 0 Å². The third kappa shape index (κ3) is 2.50. The number of amides is 1. The lowest BCUT2D eigenvalue weighted by molar-refractivity contribution is -0.141. The Morgan fingerprint density at radius 1 is 1.25 bits per heavy atom. The minimum atomic E-state index is -1.06. The van der Waals surface area contributed by atoms with Gasteiger partial charge in [0.25, 0.3) is 5.91 Å². The molecule has 0 aromatic heterocycles. The number of carbonyl (C=O) groups excluding carboxylic acids is 1. The van der Waals surface area contributed by atoms with E-state index in [9.17, 15) is 9.59 Å². The maximum absolute atomic E-state index is 11.8. The third-order valence-electron chi connectivity index (χ3n) is 2.37. The molecule has 0 saturated heterocycles. The number of likely N-dealkylation sites (N-methyl/N-ethyl adjacent to an activating group) is 1. The van der Waals surface area contributed by atoms with Gasteiger partial charge in [0.2, 0.25) is 0 Å². The Labute approximate surface area is 92.9 Å². The zero-order chi connectivity index (χ0) is 12.3. The summed E-state index contributed by atoms with van der Waals surface area (Å²) in [5.74, 6) is -1.39. The first kappa shape index (κ1) is 12.0. The van der Waals surface area contributed by atoms with E-state index in [1.165, 1.54) is 38.2 Å². The number of carboxylic acid groups (broad SMARTS) is 1. The molecule has 0 saturated carbocycles. The van der Waals surface area contributed by atoms with Crippen LogP contribution >= 0.6 is 0 Å². The number of phenolic OH excluding ortho intramolecular Hbond substituents is 1. The first-order valence-corrected chi connectivity index (χ1v) is 4.72. The summed E-state index contributed by atoms with van der Waals surface area (Å²) in [6.45, 7) is 1.43. The Morgan fingerprint density at radius 2 is 1.75 bits per heavy atom. The average molecular weight is 223 g/mol. The fourth-order valence-corrected chi connectivity index (χ4v) is 1.15. The largest absolute Gasteiger partial charge is 0.508 e. The zero-order valence-electron chi connectivity index (χ0n) is 9.04. The standard InChI is InChI=1S/C11H13NO4/c1-7(11(15)16)12(2)10(14)8-3-5-9(13)6-4-8/h3-7,13H,1-2H3,(H,15,16). The number of aromatic hydroxyl groups is 1. The molecule has 1 aromatic carbocycles. The van der Waals surface area contributed by atoms with Crippen molar-refractivity contribution >= 4 is 11.9 Å². The van der Waals surface area contributed by atoms with Crippen molar-refractivity contribution in [3.05, 3.63) is 29.8 Å². The van der Waals surface area contributed by atoms with E-state index < -0.39 is 17.9 Å². The Hall–Kier alpha value is -2.04. The fraction of sp³-hybridized carbons (Fsp3) is 0.273. The summed E-state index contributed by atoms with van der Waals surface area (Å²) < 4.78 is 0. The van der Waals surface area contributed by atoms with Gasteiger partial charge in [-0.3, -0.25) is 4.79 Å². The van der Waals surface area contributed by atoms with E-state index in [1.54, 1.807) is 0 Å². The van der Waals surface area contributed by atoms with Gasteiger partial charge in [-0.1, -0.05) is 0 Å². The SMILES string of the molecule is CC(C(=O)O)N(C)C(=O)c1ccc(O)cc1. The summed E-state index contributed by atoms with van der Waals surface area (Å²) in [5, 5.41) is 17.8. The van der Waals surface area contributed by atoms with Crippen LogP contribution in [0.4, 0.5) is 0 Å². The zero-order valence-corrected chi connectivity index (χ0v) is 9.04. The van der Waals surface area contributed by atoms with Gasteiger partial charge < -0.3 is 15.1 Å². The van der Waals surface area contributed by atoms with Crippen LogP contribution in [0.15, 0.2) is 24.3 Å². The minimum Gasteiger partial charge on any atom is -0.508 e. The molecule has 0 aliphatic heterocycles. The van der Waals surface area contributed by atoms with Crippen molar-refractivity contribution in [3.63, 3.8) is 0 Å². The molecule has 1 aromatic rings. The number of nitrogens with zero attached hydrogens (tertiary/aromatic N) is 1. The quantitative estimate of drug-likeness (QED) is 0.799. The van der Waals surface area contributed by atoms with Gasteiger partial charge in [-0.15, -0.1) is 0 Å². The molecular weight excluding hydrogens is 210 g/mol. The lowest BCUT2D eigenvalue weighted by Crippen LogP contribution is -2.40. The number of rotatable bonds is 3. The van der Waals surface area contributed by atoms with Crippen LogP contribution in [-0.4, -0.2) is 40.1 Å². The molecule has 0 bridgehead atoms. The van der Waals surface area contributed by atoms with E-state index in [0.717, 1.165) is 4.90 Å². The Balaban J connectivity index is 2.86. The highest BCUT2D eigenvalue weighted by Crippen LogP contribution is 2.12. The van der Waals surface area contributed by atoms with Crippen LogP contribution in [0.2, 0.25) is 0 Å². The van der Waals surface area contributed by atoms with Crippen LogP contribution in [0.5, 0.6) is 5.75 Å². The van der Waals surface area contributed by atoms with Crippen LogP contribution in [-0.2, 0) is 4.79 Å². The molecule has 0 spiro atoms. The van der Waals surface area contributed by atoms with Gasteiger partial charge in [-0.05, 0) is 31.2 Å². The van der Waals surface area contributed by atoms with Crippen molar-refractivity contribution in [2.24, 2.45) is 0 Å². The predicted octanol–water partition coefficient (Wildman–Crippen LogP) is 0.937. The second-order valence-corrected chi connectivity index (χ2v) is 3.48. The highest BCUT2D eigenvalue weighted by Gasteiger charge is 2.22. The summed E-state index contributed by atoms with van der Waals surface area (Å²) >= 11 is 0. The summed E-state index contributed by atoms with van der Waals surface area (Å²) in [6, 6.07) is 4.77. The summed E-state index contributed by atoms with van der Waals surface area (Å²) in [7, 11) is 1.42. The topological polar surface area (TPSA) is 77.8 Å². The van der Waals surface area contributed by atoms with Crippen LogP contribution < -0.4 is 0 Å². The van der Waals surface area contributed by atoms with Gasteiger partial charge in [0.1, 0.15) is 11.8 Å². The molecule has 1 atom stereocenters. The monoisotopic (exact) mass is 223 g/mol. The van der Waals surface area contributed by atoms with Crippen LogP contribution in [0, 0.1) is 0 Å². The van der Waals surface area contributed by atoms with E-state index in [2.05, 4.69) is 0 Å². The highest BCUT2D eigenvalue weighted by atomic mass is 16.4. The molecule has 1 rings (SSSR count). The van der Waals surface area contributed by atoms with Gasteiger partial charge in [0.05, 0.1) is 0 Å². The molecule has 1 amide bonds. The number of carbonyl (C=O) groups is 2. The molecule has 0 radical (unpaired) electrons. The number of phenols is 1. The predicted molar refractivity (Wildman–Crippen MR) is 57.3 cm³/mol. The van der Waals surface area contributed by atoms with E-state index in [4.69, 9.17) is 10.2 Å². The fourth-order valence-electron chi connectivity index (χ4n) is 1.15. The molecule has 0 heterocycles. The van der Waals surface area contributed by atoms with Gasteiger partial charge in [0, 0.05) is 12.6 Å². The van der Waals surface area contributed by atoms with Gasteiger partial charge in [-0.25, -0.2) is 4.79 Å². The van der Waals surface area contributed by atoms with Gasteiger partial charge >= 0.3 is 5.97 Å². The lowest BCUT2D eigenvalue weighted by atomic mass is 10.1. The van der Waals surface area contributed by atoms with E-state index in [1.807, 2.05) is 0 Å². The van der Waals surface area contributed by atoms with Crippen molar-refractivity contribution in [2.75, 3.05) is 7.05 Å². The first-order chi connectivity index (χ1) is 7.43. The number of hydrogen-bond donors (Lipinski definition) is 2. The maximum Gasteiger partial charge on any atom is 0.326 e. The van der Waals surface area contributed by atoms with Crippen LogP contribution in [0.3, 0.4) is 0 Å². The first-order valence-electron chi connectivity index (χ1n) is 4.72. The third-order valence-corrected chi connectivity index (χ3v) is 2.37.